The van der Waals surface area contributed by atoms with Gasteiger partial charge in [-0.15, -0.1) is 0 Å². The predicted molar refractivity (Wildman–Crippen MR) is 80.4 cm³/mol. The number of rotatable bonds is 9. The van der Waals surface area contributed by atoms with Crippen LogP contribution in [0.3, 0.4) is 0 Å². The van der Waals surface area contributed by atoms with Crippen molar-refractivity contribution in [3.8, 4) is 0 Å². The Balaban J connectivity index is 3.58. The second kappa shape index (κ2) is 8.64. The molecule has 0 aliphatic carbocycles. The van der Waals surface area contributed by atoms with Crippen LogP contribution in [0.4, 0.5) is 84.7 Å². The van der Waals surface area contributed by atoms with Gasteiger partial charge in [0.2, 0.25) is 0 Å². The van der Waals surface area contributed by atoms with Gasteiger partial charge in [0.1, 0.15) is 0 Å². The predicted octanol–water partition coefficient (Wildman–Crippen LogP) is 7.18. The molecule has 0 unspecified atom stereocenters. The summed E-state index contributed by atoms with van der Waals surface area (Å²) in [6, 6.07) is -0.156. The van der Waals surface area contributed by atoms with Crippen LogP contribution in [0.25, 0.3) is 0 Å². The number of carbonyl (C=O) groups is 1. The quantitative estimate of drug-likeness (QED) is 0.239. The van der Waals surface area contributed by atoms with E-state index in [4.69, 9.17) is 0 Å². The number of hydrogen-bond acceptors (Lipinski definition) is 1. The molecule has 0 fully saturated rings. The zero-order valence-electron chi connectivity index (χ0n) is 15.8. The fraction of sp³-hybridized carbons (Fsp3) is 0.533. The summed E-state index contributed by atoms with van der Waals surface area (Å²) in [6.07, 6.45) is 0. The molecule has 0 bridgehead atoms. The highest BCUT2D eigenvalue weighted by Gasteiger charge is 2.95. The van der Waals surface area contributed by atoms with Crippen molar-refractivity contribution < 1.29 is 83.8 Å². The van der Waals surface area contributed by atoms with Crippen molar-refractivity contribution in [2.24, 2.45) is 0 Å². The molecule has 1 aromatic carbocycles. The first kappa shape index (κ1) is 31.7. The molecule has 1 N–H and O–H groups in total. The van der Waals surface area contributed by atoms with Crippen LogP contribution >= 0.6 is 11.6 Å². The molecule has 0 aromatic heterocycles. The van der Waals surface area contributed by atoms with E-state index in [1.165, 1.54) is 0 Å². The van der Waals surface area contributed by atoms with E-state index in [0.29, 0.717) is 5.32 Å². The lowest BCUT2D eigenvalue weighted by molar-refractivity contribution is -0.445. The molecular formula is C15H4ClF18NO. The van der Waals surface area contributed by atoms with E-state index in [9.17, 15) is 83.8 Å². The van der Waals surface area contributed by atoms with Gasteiger partial charge in [0.15, 0.2) is 11.6 Å². The van der Waals surface area contributed by atoms with Gasteiger partial charge in [-0.25, -0.2) is 8.78 Å². The van der Waals surface area contributed by atoms with E-state index in [1.807, 2.05) is 0 Å². The monoisotopic (exact) mass is 591 g/mol. The summed E-state index contributed by atoms with van der Waals surface area (Å²) in [5.41, 5.74) is -1.45. The lowest BCUT2D eigenvalue weighted by Crippen LogP contribution is -2.75. The maximum atomic E-state index is 13.7. The summed E-state index contributed by atoms with van der Waals surface area (Å²) in [6.45, 7) is 0. The minimum absolute atomic E-state index is 0.0133. The van der Waals surface area contributed by atoms with Crippen molar-refractivity contribution in [3.05, 3.63) is 29.8 Å². The highest BCUT2D eigenvalue weighted by molar-refractivity contribution is 6.22. The lowest BCUT2D eigenvalue weighted by Gasteiger charge is -2.42. The minimum atomic E-state index is -8.73. The SMILES string of the molecule is O=C(Nc1ccc(F)c(F)c1)C(F)(F)C(F)(F)C(F)(F)C(F)(F)C(F)(F)C(F)(F)C(F)(F)C(F)(F)Cl. The molecule has 0 radical (unpaired) electrons. The molecule has 1 rings (SSSR count). The molecule has 21 heteroatoms. The molecule has 1 amide bonds. The first-order valence-electron chi connectivity index (χ1n) is 8.03. The van der Waals surface area contributed by atoms with E-state index in [1.54, 1.807) is 0 Å². The van der Waals surface area contributed by atoms with Crippen LogP contribution in [-0.4, -0.2) is 52.7 Å². The number of hydrogen-bond donors (Lipinski definition) is 1. The average molecular weight is 592 g/mol. The maximum Gasteiger partial charge on any atom is 0.393 e. The van der Waals surface area contributed by atoms with Crippen LogP contribution in [-0.2, 0) is 4.79 Å². The van der Waals surface area contributed by atoms with Gasteiger partial charge in [-0.1, -0.05) is 0 Å². The summed E-state index contributed by atoms with van der Waals surface area (Å²) in [7, 11) is 0. The molecule has 36 heavy (non-hydrogen) atoms. The third-order valence-electron chi connectivity index (χ3n) is 4.18. The Morgan fingerprint density at radius 1 is 0.583 bits per heavy atom. The first-order valence-corrected chi connectivity index (χ1v) is 8.41. The number of benzene rings is 1. The van der Waals surface area contributed by atoms with Crippen molar-refractivity contribution in [2.75, 3.05) is 5.32 Å². The fourth-order valence-electron chi connectivity index (χ4n) is 2.09. The summed E-state index contributed by atoms with van der Waals surface area (Å²) in [5, 5.41) is -6.45. The second-order valence-electron chi connectivity index (χ2n) is 6.60. The molecule has 1 aromatic rings. The first-order chi connectivity index (χ1) is 15.6. The van der Waals surface area contributed by atoms with Crippen LogP contribution in [0, 0.1) is 11.6 Å². The maximum absolute atomic E-state index is 13.7. The Morgan fingerprint density at radius 2 is 0.944 bits per heavy atom. The number of nitrogens with one attached hydrogen (secondary N) is 1. The number of amides is 1. The van der Waals surface area contributed by atoms with Crippen molar-refractivity contribution in [1.29, 1.82) is 0 Å². The van der Waals surface area contributed by atoms with Gasteiger partial charge in [-0.3, -0.25) is 4.79 Å². The largest absolute Gasteiger partial charge is 0.393 e. The minimum Gasteiger partial charge on any atom is -0.321 e. The third-order valence-corrected chi connectivity index (χ3v) is 4.42. The van der Waals surface area contributed by atoms with Crippen molar-refractivity contribution in [1.82, 2.24) is 0 Å². The van der Waals surface area contributed by atoms with Gasteiger partial charge in [0.05, 0.1) is 0 Å². The van der Waals surface area contributed by atoms with Gasteiger partial charge < -0.3 is 5.32 Å². The highest BCUT2D eigenvalue weighted by atomic mass is 35.5. The van der Waals surface area contributed by atoms with Gasteiger partial charge in [-0.05, 0) is 23.7 Å². The Kier molecular flexibility index (Phi) is 7.62. The zero-order valence-corrected chi connectivity index (χ0v) is 16.6. The van der Waals surface area contributed by atoms with E-state index < -0.39 is 70.1 Å². The van der Waals surface area contributed by atoms with Crippen LogP contribution in [0.2, 0.25) is 0 Å². The van der Waals surface area contributed by atoms with Gasteiger partial charge in [-0.2, -0.15) is 70.2 Å². The van der Waals surface area contributed by atoms with Crippen LogP contribution in [0.1, 0.15) is 0 Å². The summed E-state index contributed by atoms with van der Waals surface area (Å²) in [4.78, 5) is 11.3. The Morgan fingerprint density at radius 3 is 1.31 bits per heavy atom. The average Bonchev–Trinajstić information content (AvgIpc) is 2.68. The summed E-state index contributed by atoms with van der Waals surface area (Å²) < 4.78 is 239. The molecule has 2 nitrogen and oxygen atoms in total. The van der Waals surface area contributed by atoms with Crippen molar-refractivity contribution >= 4 is 23.2 Å². The third kappa shape index (κ3) is 4.27. The van der Waals surface area contributed by atoms with E-state index in [2.05, 4.69) is 11.6 Å². The van der Waals surface area contributed by atoms with Crippen molar-refractivity contribution in [3.63, 3.8) is 0 Å². The van der Waals surface area contributed by atoms with Crippen LogP contribution < -0.4 is 5.32 Å². The number of halogens is 19. The Hall–Kier alpha value is -2.28. The Labute approximate surface area is 190 Å². The summed E-state index contributed by atoms with van der Waals surface area (Å²) >= 11 is 3.38. The van der Waals surface area contributed by atoms with Gasteiger partial charge >= 0.3 is 52.7 Å². The zero-order chi connectivity index (χ0) is 29.1. The number of alkyl halides is 17. The fourth-order valence-corrected chi connectivity index (χ4v) is 2.21. The molecule has 208 valence electrons. The number of carbonyl (C=O) groups excluding carboxylic acids is 1. The topological polar surface area (TPSA) is 29.1 Å². The van der Waals surface area contributed by atoms with Crippen molar-refractivity contribution in [2.45, 2.75) is 46.8 Å². The molecule has 0 saturated heterocycles. The Bertz CT molecular complexity index is 1000. The van der Waals surface area contributed by atoms with Crippen LogP contribution in [0.15, 0.2) is 18.2 Å². The second-order valence-corrected chi connectivity index (χ2v) is 7.08. The molecule has 0 atom stereocenters. The van der Waals surface area contributed by atoms with Gasteiger partial charge in [0, 0.05) is 11.8 Å². The summed E-state index contributed by atoms with van der Waals surface area (Å²) in [5.74, 6) is -65.4. The lowest BCUT2D eigenvalue weighted by atomic mass is 9.89. The normalized spacial score (nSPS) is 15.2. The smallest absolute Gasteiger partial charge is 0.321 e. The molecule has 0 spiro atoms. The highest BCUT2D eigenvalue weighted by Crippen LogP contribution is 2.64. The molecule has 0 aliphatic rings. The van der Waals surface area contributed by atoms with Gasteiger partial charge in [0.25, 0.3) is 0 Å². The van der Waals surface area contributed by atoms with Crippen LogP contribution in [0.5, 0.6) is 0 Å². The molecule has 0 heterocycles. The van der Waals surface area contributed by atoms with E-state index >= 15 is 0 Å². The standard InChI is InChI=1S/C15H4ClF18NO/c16-15(33,34)14(31,32)13(29,30)12(27,28)11(25,26)10(23,24)9(21,22)8(19,20)7(36)35-4-1-2-5(17)6(18)3-4/h1-3H,(H,35,36). The number of anilines is 1. The van der Waals surface area contributed by atoms with E-state index in [-0.39, 0.29) is 18.2 Å². The molecular weight excluding hydrogens is 588 g/mol. The van der Waals surface area contributed by atoms with E-state index in [0.717, 1.165) is 0 Å². The molecule has 0 saturated carbocycles. The molecule has 0 aliphatic heterocycles.